The molecular formula is C12H17N5S2. The molecule has 0 saturated carbocycles. The second-order valence-electron chi connectivity index (χ2n) is 4.54. The molecule has 2 aromatic heterocycles. The van der Waals surface area contributed by atoms with Crippen LogP contribution in [0.5, 0.6) is 0 Å². The summed E-state index contributed by atoms with van der Waals surface area (Å²) in [6.07, 6.45) is 5.56. The highest BCUT2D eigenvalue weighted by molar-refractivity contribution is 7.25. The molecule has 3 rings (SSSR count). The first-order chi connectivity index (χ1) is 9.36. The van der Waals surface area contributed by atoms with E-state index in [-0.39, 0.29) is 0 Å². The van der Waals surface area contributed by atoms with Crippen molar-refractivity contribution in [3.05, 3.63) is 6.20 Å². The van der Waals surface area contributed by atoms with Gasteiger partial charge in [0.2, 0.25) is 5.13 Å². The van der Waals surface area contributed by atoms with Gasteiger partial charge in [-0.15, -0.1) is 10.2 Å². The molecule has 7 heteroatoms. The fourth-order valence-corrected chi connectivity index (χ4v) is 3.82. The maximum Gasteiger partial charge on any atom is 0.206 e. The number of nitrogens with zero attached hydrogens (tertiary/aromatic N) is 4. The fraction of sp³-hybridized carbons (Fsp3) is 0.583. The van der Waals surface area contributed by atoms with Crippen LogP contribution >= 0.6 is 22.7 Å². The van der Waals surface area contributed by atoms with Crippen molar-refractivity contribution in [1.29, 1.82) is 0 Å². The van der Waals surface area contributed by atoms with Gasteiger partial charge in [-0.25, -0.2) is 4.98 Å². The highest BCUT2D eigenvalue weighted by Gasteiger charge is 2.17. The number of thiazole rings is 1. The molecule has 1 aliphatic heterocycles. The van der Waals surface area contributed by atoms with Crippen LogP contribution in [0.25, 0.3) is 9.88 Å². The summed E-state index contributed by atoms with van der Waals surface area (Å²) in [5.74, 6) is 0. The molecule has 19 heavy (non-hydrogen) atoms. The Hall–Kier alpha value is -1.21. The van der Waals surface area contributed by atoms with E-state index in [0.717, 1.165) is 46.2 Å². The van der Waals surface area contributed by atoms with E-state index in [1.807, 2.05) is 6.20 Å². The number of hydrogen-bond acceptors (Lipinski definition) is 7. The average molecular weight is 295 g/mol. The molecule has 5 nitrogen and oxygen atoms in total. The van der Waals surface area contributed by atoms with Crippen LogP contribution in [0.1, 0.15) is 26.2 Å². The minimum absolute atomic E-state index is 0.896. The lowest BCUT2D eigenvalue weighted by Crippen LogP contribution is -2.16. The van der Waals surface area contributed by atoms with Gasteiger partial charge in [0, 0.05) is 19.6 Å². The summed E-state index contributed by atoms with van der Waals surface area (Å²) in [7, 11) is 0. The van der Waals surface area contributed by atoms with E-state index in [1.165, 1.54) is 12.8 Å². The molecule has 0 bridgehead atoms. The van der Waals surface area contributed by atoms with E-state index in [0.29, 0.717) is 0 Å². The number of hydrogen-bond donors (Lipinski definition) is 1. The van der Waals surface area contributed by atoms with E-state index in [2.05, 4.69) is 32.3 Å². The maximum atomic E-state index is 4.51. The molecule has 2 aromatic rings. The zero-order chi connectivity index (χ0) is 13.1. The van der Waals surface area contributed by atoms with Crippen molar-refractivity contribution in [2.45, 2.75) is 26.2 Å². The van der Waals surface area contributed by atoms with Crippen molar-refractivity contribution in [1.82, 2.24) is 15.2 Å². The van der Waals surface area contributed by atoms with Gasteiger partial charge in [0.05, 0.1) is 11.1 Å². The highest BCUT2D eigenvalue weighted by Crippen LogP contribution is 2.35. The summed E-state index contributed by atoms with van der Waals surface area (Å²) < 4.78 is 0. The van der Waals surface area contributed by atoms with Gasteiger partial charge in [0.15, 0.2) is 10.1 Å². The third kappa shape index (κ3) is 2.87. The topological polar surface area (TPSA) is 53.9 Å². The van der Waals surface area contributed by atoms with E-state index >= 15 is 0 Å². The molecule has 1 aliphatic rings. The second kappa shape index (κ2) is 5.83. The van der Waals surface area contributed by atoms with Crippen molar-refractivity contribution in [2.24, 2.45) is 0 Å². The highest BCUT2D eigenvalue weighted by atomic mass is 32.1. The van der Waals surface area contributed by atoms with Gasteiger partial charge in [0.25, 0.3) is 0 Å². The summed E-state index contributed by atoms with van der Waals surface area (Å²) >= 11 is 3.32. The van der Waals surface area contributed by atoms with Crippen LogP contribution in [0.4, 0.5) is 10.3 Å². The molecule has 0 unspecified atom stereocenters. The Morgan fingerprint density at radius 3 is 2.89 bits per heavy atom. The molecule has 1 saturated heterocycles. The van der Waals surface area contributed by atoms with Crippen LogP contribution in [0.3, 0.4) is 0 Å². The van der Waals surface area contributed by atoms with Crippen LogP contribution in [0.15, 0.2) is 6.20 Å². The van der Waals surface area contributed by atoms with Gasteiger partial charge < -0.3 is 10.2 Å². The van der Waals surface area contributed by atoms with Crippen molar-refractivity contribution in [3.63, 3.8) is 0 Å². The van der Waals surface area contributed by atoms with Gasteiger partial charge >= 0.3 is 0 Å². The fourth-order valence-electron chi connectivity index (χ4n) is 2.04. The smallest absolute Gasteiger partial charge is 0.206 e. The molecule has 0 aromatic carbocycles. The summed E-state index contributed by atoms with van der Waals surface area (Å²) in [5, 5.41) is 14.6. The Bertz CT molecular complexity index is 530. The first-order valence-corrected chi connectivity index (χ1v) is 8.28. The number of aromatic nitrogens is 3. The molecule has 1 fully saturated rings. The largest absolute Gasteiger partial charge is 0.360 e. The van der Waals surface area contributed by atoms with Gasteiger partial charge in [-0.2, -0.15) is 0 Å². The van der Waals surface area contributed by atoms with Crippen molar-refractivity contribution < 1.29 is 0 Å². The first kappa shape index (κ1) is 12.8. The number of anilines is 2. The third-order valence-electron chi connectivity index (χ3n) is 3.03. The minimum Gasteiger partial charge on any atom is -0.360 e. The summed E-state index contributed by atoms with van der Waals surface area (Å²) in [6.45, 7) is 5.34. The molecule has 0 atom stereocenters. The van der Waals surface area contributed by atoms with Crippen molar-refractivity contribution in [2.75, 3.05) is 29.9 Å². The average Bonchev–Trinajstić information content (AvgIpc) is 3.14. The molecule has 0 amide bonds. The standard InChI is InChI=1S/C12H17N5S2/c1-2-5-13-11-16-15-10(19-11)9-8-14-12(18-9)17-6-3-4-7-17/h8H,2-7H2,1H3,(H,13,16). The monoisotopic (exact) mass is 295 g/mol. The predicted octanol–water partition coefficient (Wildman–Crippen LogP) is 3.08. The SMILES string of the molecule is CCCNc1nnc(-c2cnc(N3CCCC3)s2)s1. The molecule has 1 N–H and O–H groups in total. The van der Waals surface area contributed by atoms with Crippen LogP contribution < -0.4 is 10.2 Å². The van der Waals surface area contributed by atoms with E-state index < -0.39 is 0 Å². The molecule has 3 heterocycles. The lowest BCUT2D eigenvalue weighted by atomic mass is 10.4. The quantitative estimate of drug-likeness (QED) is 0.918. The molecule has 0 spiro atoms. The lowest BCUT2D eigenvalue weighted by Gasteiger charge is -2.11. The maximum absolute atomic E-state index is 4.51. The van der Waals surface area contributed by atoms with Gasteiger partial charge in [-0.1, -0.05) is 29.6 Å². The normalized spacial score (nSPS) is 15.1. The van der Waals surface area contributed by atoms with Crippen LogP contribution in [-0.2, 0) is 0 Å². The molecule has 0 aliphatic carbocycles. The summed E-state index contributed by atoms with van der Waals surface area (Å²) in [6, 6.07) is 0. The van der Waals surface area contributed by atoms with Gasteiger partial charge in [0.1, 0.15) is 0 Å². The Morgan fingerprint density at radius 2 is 2.11 bits per heavy atom. The van der Waals surface area contributed by atoms with Crippen LogP contribution in [-0.4, -0.2) is 34.8 Å². The minimum atomic E-state index is 0.896. The van der Waals surface area contributed by atoms with Crippen LogP contribution in [0, 0.1) is 0 Å². The molecule has 0 radical (unpaired) electrons. The zero-order valence-electron chi connectivity index (χ0n) is 10.9. The van der Waals surface area contributed by atoms with Crippen molar-refractivity contribution in [3.8, 4) is 9.88 Å². The summed E-state index contributed by atoms with van der Waals surface area (Å²) in [4.78, 5) is 7.98. The van der Waals surface area contributed by atoms with E-state index in [9.17, 15) is 0 Å². The summed E-state index contributed by atoms with van der Waals surface area (Å²) in [5.41, 5.74) is 0. The van der Waals surface area contributed by atoms with E-state index in [4.69, 9.17) is 0 Å². The van der Waals surface area contributed by atoms with Gasteiger partial charge in [-0.3, -0.25) is 0 Å². The van der Waals surface area contributed by atoms with Crippen molar-refractivity contribution >= 4 is 32.9 Å². The predicted molar refractivity (Wildman–Crippen MR) is 81.2 cm³/mol. The zero-order valence-corrected chi connectivity index (χ0v) is 12.6. The Balaban J connectivity index is 1.72. The second-order valence-corrected chi connectivity index (χ2v) is 6.53. The first-order valence-electron chi connectivity index (χ1n) is 6.65. The lowest BCUT2D eigenvalue weighted by molar-refractivity contribution is 0.949. The van der Waals surface area contributed by atoms with Gasteiger partial charge in [-0.05, 0) is 19.3 Å². The number of rotatable bonds is 5. The Morgan fingerprint density at radius 1 is 1.26 bits per heavy atom. The third-order valence-corrected chi connectivity index (χ3v) is 5.14. The number of nitrogens with one attached hydrogen (secondary N) is 1. The van der Waals surface area contributed by atoms with Crippen LogP contribution in [0.2, 0.25) is 0 Å². The Kier molecular flexibility index (Phi) is 3.93. The Labute approximate surface area is 120 Å². The molecule has 102 valence electrons. The van der Waals surface area contributed by atoms with E-state index in [1.54, 1.807) is 22.7 Å². The molecular weight excluding hydrogens is 278 g/mol.